The monoisotopic (exact) mass is 288 g/mol. The fraction of sp³-hybridized carbons (Fsp3) is 0.133. The Morgan fingerprint density at radius 2 is 2.00 bits per heavy atom. The Morgan fingerprint density at radius 3 is 2.62 bits per heavy atom. The van der Waals surface area contributed by atoms with Gasteiger partial charge in [0.1, 0.15) is 11.5 Å². The molecule has 0 bridgehead atoms. The summed E-state index contributed by atoms with van der Waals surface area (Å²) in [5.74, 6) is -1.63. The molecule has 0 saturated carbocycles. The van der Waals surface area contributed by atoms with Crippen LogP contribution in [0.2, 0.25) is 0 Å². The highest BCUT2D eigenvalue weighted by atomic mass is 19.1. The zero-order valence-electron chi connectivity index (χ0n) is 11.5. The van der Waals surface area contributed by atoms with E-state index in [4.69, 9.17) is 0 Å². The van der Waals surface area contributed by atoms with Crippen LogP contribution in [0.4, 0.5) is 10.1 Å². The maximum atomic E-state index is 13.6. The zero-order valence-corrected chi connectivity index (χ0v) is 11.5. The lowest BCUT2D eigenvalue weighted by Gasteiger charge is -2.07. The van der Waals surface area contributed by atoms with Crippen molar-refractivity contribution in [2.75, 3.05) is 12.4 Å². The average molecular weight is 288 g/mol. The third-order valence-electron chi connectivity index (χ3n) is 2.79. The van der Waals surface area contributed by atoms with Gasteiger partial charge in [0.15, 0.2) is 0 Å². The normalized spacial score (nSPS) is 10.0. The number of methoxy groups -OCH3 is 1. The maximum Gasteiger partial charge on any atom is 0.339 e. The first-order chi connectivity index (χ1) is 10.0. The van der Waals surface area contributed by atoms with Crippen LogP contribution >= 0.6 is 0 Å². The van der Waals surface area contributed by atoms with Crippen LogP contribution in [0.1, 0.15) is 26.4 Å². The number of carbonyl (C=O) groups is 2. The van der Waals surface area contributed by atoms with Crippen LogP contribution in [0.3, 0.4) is 0 Å². The lowest BCUT2D eigenvalue weighted by Crippen LogP contribution is -2.15. The molecule has 5 nitrogen and oxygen atoms in total. The third-order valence-corrected chi connectivity index (χ3v) is 2.79. The van der Waals surface area contributed by atoms with Crippen molar-refractivity contribution in [3.8, 4) is 0 Å². The summed E-state index contributed by atoms with van der Waals surface area (Å²) in [6.45, 7) is 1.79. The van der Waals surface area contributed by atoms with Gasteiger partial charge in [0.25, 0.3) is 5.91 Å². The predicted molar refractivity (Wildman–Crippen MR) is 74.7 cm³/mol. The van der Waals surface area contributed by atoms with E-state index in [2.05, 4.69) is 15.0 Å². The molecule has 1 amide bonds. The van der Waals surface area contributed by atoms with Crippen LogP contribution in [0.25, 0.3) is 0 Å². The van der Waals surface area contributed by atoms with Gasteiger partial charge < -0.3 is 10.1 Å². The predicted octanol–water partition coefficient (Wildman–Crippen LogP) is 2.57. The van der Waals surface area contributed by atoms with E-state index >= 15 is 0 Å². The van der Waals surface area contributed by atoms with E-state index in [-0.39, 0.29) is 16.9 Å². The van der Waals surface area contributed by atoms with E-state index in [1.165, 1.54) is 37.6 Å². The smallest absolute Gasteiger partial charge is 0.339 e. The van der Waals surface area contributed by atoms with E-state index in [0.29, 0.717) is 0 Å². The Labute approximate surface area is 120 Å². The fourth-order valence-corrected chi connectivity index (χ4v) is 1.69. The highest BCUT2D eigenvalue weighted by molar-refractivity contribution is 6.03. The second-order valence-electron chi connectivity index (χ2n) is 4.36. The van der Waals surface area contributed by atoms with Crippen molar-refractivity contribution in [2.24, 2.45) is 0 Å². The quantitative estimate of drug-likeness (QED) is 0.881. The molecule has 0 unspecified atom stereocenters. The van der Waals surface area contributed by atoms with Crippen molar-refractivity contribution in [3.05, 3.63) is 59.2 Å². The number of rotatable bonds is 3. The molecular formula is C15H13FN2O3. The van der Waals surface area contributed by atoms with Crippen LogP contribution in [0.15, 0.2) is 36.5 Å². The van der Waals surface area contributed by atoms with Crippen LogP contribution < -0.4 is 5.32 Å². The number of nitrogens with zero attached hydrogens (tertiary/aromatic N) is 1. The number of aryl methyl sites for hydroxylation is 1. The standard InChI is InChI=1S/C15H13FN2O3/c1-9-3-5-11(16)13(7-9)18-14(19)12-6-4-10(8-17-12)15(20)21-2/h3-8H,1-2H3,(H,18,19). The number of hydrogen-bond donors (Lipinski definition) is 1. The van der Waals surface area contributed by atoms with E-state index in [1.54, 1.807) is 13.0 Å². The second-order valence-corrected chi connectivity index (χ2v) is 4.36. The maximum absolute atomic E-state index is 13.6. The van der Waals surface area contributed by atoms with E-state index in [1.807, 2.05) is 0 Å². The molecule has 0 aliphatic rings. The molecule has 6 heteroatoms. The van der Waals surface area contributed by atoms with Gasteiger partial charge in [-0.1, -0.05) is 6.07 Å². The molecule has 0 spiro atoms. The number of ether oxygens (including phenoxy) is 1. The molecule has 1 N–H and O–H groups in total. The molecule has 0 fully saturated rings. The van der Waals surface area contributed by atoms with Gasteiger partial charge in [-0.25, -0.2) is 9.18 Å². The van der Waals surface area contributed by atoms with Crippen LogP contribution in [0, 0.1) is 12.7 Å². The second kappa shape index (κ2) is 6.13. The van der Waals surface area contributed by atoms with Crippen molar-refractivity contribution in [1.82, 2.24) is 4.98 Å². The summed E-state index contributed by atoms with van der Waals surface area (Å²) < 4.78 is 18.1. The molecule has 0 saturated heterocycles. The van der Waals surface area contributed by atoms with Crippen molar-refractivity contribution < 1.29 is 18.7 Å². The molecular weight excluding hydrogens is 275 g/mol. The van der Waals surface area contributed by atoms with Gasteiger partial charge in [0.2, 0.25) is 0 Å². The molecule has 1 aromatic carbocycles. The Hall–Kier alpha value is -2.76. The highest BCUT2D eigenvalue weighted by Crippen LogP contribution is 2.16. The molecule has 2 rings (SSSR count). The Balaban J connectivity index is 2.17. The Bertz CT molecular complexity index is 684. The van der Waals surface area contributed by atoms with Crippen LogP contribution in [-0.2, 0) is 4.74 Å². The third kappa shape index (κ3) is 3.42. The number of hydrogen-bond acceptors (Lipinski definition) is 4. The minimum Gasteiger partial charge on any atom is -0.465 e. The molecule has 0 aliphatic heterocycles. The van der Waals surface area contributed by atoms with Crippen molar-refractivity contribution in [2.45, 2.75) is 6.92 Å². The minimum atomic E-state index is -0.559. The average Bonchev–Trinajstić information content (AvgIpc) is 2.50. The molecule has 108 valence electrons. The lowest BCUT2D eigenvalue weighted by atomic mass is 10.2. The molecule has 1 aromatic heterocycles. The van der Waals surface area contributed by atoms with Gasteiger partial charge in [0.05, 0.1) is 18.4 Å². The number of anilines is 1. The summed E-state index contributed by atoms with van der Waals surface area (Å²) in [6.07, 6.45) is 1.23. The van der Waals surface area contributed by atoms with Gasteiger partial charge in [-0.15, -0.1) is 0 Å². The van der Waals surface area contributed by atoms with E-state index in [9.17, 15) is 14.0 Å². The first kappa shape index (κ1) is 14.6. The SMILES string of the molecule is COC(=O)c1ccc(C(=O)Nc2cc(C)ccc2F)nc1. The van der Waals surface area contributed by atoms with E-state index < -0.39 is 17.7 Å². The number of halogens is 1. The molecule has 0 radical (unpaired) electrons. The van der Waals surface area contributed by atoms with Gasteiger partial charge in [-0.3, -0.25) is 9.78 Å². The number of pyridine rings is 1. The zero-order chi connectivity index (χ0) is 15.4. The number of esters is 1. The number of benzene rings is 1. The molecule has 1 heterocycles. The van der Waals surface area contributed by atoms with Crippen molar-refractivity contribution in [1.29, 1.82) is 0 Å². The Morgan fingerprint density at radius 1 is 1.24 bits per heavy atom. The summed E-state index contributed by atoms with van der Waals surface area (Å²) in [6, 6.07) is 7.19. The van der Waals surface area contributed by atoms with Gasteiger partial charge >= 0.3 is 5.97 Å². The highest BCUT2D eigenvalue weighted by Gasteiger charge is 2.12. The summed E-state index contributed by atoms with van der Waals surface area (Å²) in [5, 5.41) is 2.44. The molecule has 21 heavy (non-hydrogen) atoms. The summed E-state index contributed by atoms with van der Waals surface area (Å²) in [7, 11) is 1.25. The molecule has 0 aliphatic carbocycles. The minimum absolute atomic E-state index is 0.0727. The molecule has 2 aromatic rings. The number of nitrogens with one attached hydrogen (secondary N) is 1. The largest absolute Gasteiger partial charge is 0.465 e. The topological polar surface area (TPSA) is 68.3 Å². The van der Waals surface area contributed by atoms with Gasteiger partial charge in [-0.2, -0.15) is 0 Å². The number of amides is 1. The van der Waals surface area contributed by atoms with Gasteiger partial charge in [0, 0.05) is 6.20 Å². The van der Waals surface area contributed by atoms with Crippen LogP contribution in [-0.4, -0.2) is 24.0 Å². The lowest BCUT2D eigenvalue weighted by molar-refractivity contribution is 0.0600. The first-order valence-corrected chi connectivity index (χ1v) is 6.13. The fourth-order valence-electron chi connectivity index (χ4n) is 1.69. The first-order valence-electron chi connectivity index (χ1n) is 6.13. The number of aromatic nitrogens is 1. The molecule has 0 atom stereocenters. The summed E-state index contributed by atoms with van der Waals surface area (Å²) >= 11 is 0. The van der Waals surface area contributed by atoms with E-state index in [0.717, 1.165) is 5.56 Å². The van der Waals surface area contributed by atoms with Gasteiger partial charge in [-0.05, 0) is 36.8 Å². The summed E-state index contributed by atoms with van der Waals surface area (Å²) in [4.78, 5) is 27.1. The number of carbonyl (C=O) groups excluding carboxylic acids is 2. The van der Waals surface area contributed by atoms with Crippen LogP contribution in [0.5, 0.6) is 0 Å². The van der Waals surface area contributed by atoms with Crippen molar-refractivity contribution >= 4 is 17.6 Å². The van der Waals surface area contributed by atoms with Crippen molar-refractivity contribution in [3.63, 3.8) is 0 Å². The Kier molecular flexibility index (Phi) is 4.27. The summed E-state index contributed by atoms with van der Waals surface area (Å²) in [5.41, 5.74) is 1.21.